The Balaban J connectivity index is 1.19. The summed E-state index contributed by atoms with van der Waals surface area (Å²) in [6.45, 7) is 1.80. The number of rotatable bonds is 5. The second-order valence-corrected chi connectivity index (χ2v) is 9.48. The molecule has 198 valence electrons. The topological polar surface area (TPSA) is 191 Å². The molecule has 6 N–H and O–H groups in total. The number of benzene rings is 2. The van der Waals surface area contributed by atoms with E-state index in [-0.39, 0.29) is 23.4 Å². The number of carbonyl (C=O) groups excluding carboxylic acids is 2. The molecular weight excluding hydrogens is 502 g/mol. The standard InChI is InChI=1S/C26H25N9O4/c27-22-20-21(17-5-6-19-18(11-17)31-26(28)39-19)32-35(23(20)30-13-29-22)12-14-7-9-34(10-8-14)25(37)16-3-1-15(2-4-16)24(36)33-38/h1-6,11,13-14,38H,7-10,12H2,(H2,28,31)(H,33,36)(H2,27,29,30). The van der Waals surface area contributed by atoms with Crippen molar-refractivity contribution in [3.63, 3.8) is 0 Å². The van der Waals surface area contributed by atoms with Crippen LogP contribution < -0.4 is 16.9 Å². The molecule has 5 aromatic rings. The van der Waals surface area contributed by atoms with E-state index in [1.54, 1.807) is 23.7 Å². The van der Waals surface area contributed by atoms with Gasteiger partial charge in [-0.2, -0.15) is 10.1 Å². The van der Waals surface area contributed by atoms with Gasteiger partial charge in [-0.25, -0.2) is 20.1 Å². The van der Waals surface area contributed by atoms with Gasteiger partial charge in [0.05, 0.1) is 5.39 Å². The minimum atomic E-state index is -0.625. The van der Waals surface area contributed by atoms with Crippen LogP contribution in [-0.2, 0) is 6.54 Å². The third kappa shape index (κ3) is 4.48. The fraction of sp³-hybridized carbons (Fsp3) is 0.231. The zero-order valence-corrected chi connectivity index (χ0v) is 20.7. The van der Waals surface area contributed by atoms with E-state index in [4.69, 9.17) is 26.2 Å². The Kier molecular flexibility index (Phi) is 6.04. The average Bonchev–Trinajstić information content (AvgIpc) is 3.52. The van der Waals surface area contributed by atoms with Gasteiger partial charge in [-0.1, -0.05) is 0 Å². The fourth-order valence-corrected chi connectivity index (χ4v) is 5.03. The molecule has 2 amide bonds. The van der Waals surface area contributed by atoms with Gasteiger partial charge in [0.2, 0.25) is 0 Å². The van der Waals surface area contributed by atoms with Crippen LogP contribution in [0, 0.1) is 5.92 Å². The van der Waals surface area contributed by atoms with Crippen LogP contribution in [-0.4, -0.2) is 59.7 Å². The summed E-state index contributed by atoms with van der Waals surface area (Å²) >= 11 is 0. The van der Waals surface area contributed by atoms with Crippen molar-refractivity contribution < 1.29 is 19.2 Å². The lowest BCUT2D eigenvalue weighted by Gasteiger charge is -2.32. The number of carbonyl (C=O) groups is 2. The summed E-state index contributed by atoms with van der Waals surface area (Å²) in [4.78, 5) is 39.2. The van der Waals surface area contributed by atoms with E-state index in [1.807, 2.05) is 21.7 Å². The summed E-state index contributed by atoms with van der Waals surface area (Å²) in [5.41, 5.74) is 17.6. The van der Waals surface area contributed by atoms with Crippen LogP contribution in [0.1, 0.15) is 33.6 Å². The van der Waals surface area contributed by atoms with E-state index in [2.05, 4.69) is 15.0 Å². The number of nitrogens with one attached hydrogen (secondary N) is 1. The highest BCUT2D eigenvalue weighted by Crippen LogP contribution is 2.33. The van der Waals surface area contributed by atoms with Crippen LogP contribution in [0.3, 0.4) is 0 Å². The van der Waals surface area contributed by atoms with Gasteiger partial charge in [0.15, 0.2) is 11.2 Å². The van der Waals surface area contributed by atoms with Gasteiger partial charge >= 0.3 is 0 Å². The quantitative estimate of drug-likeness (QED) is 0.195. The summed E-state index contributed by atoms with van der Waals surface area (Å²) in [5.74, 6) is -0.112. The van der Waals surface area contributed by atoms with E-state index >= 15 is 0 Å². The molecule has 0 atom stereocenters. The van der Waals surface area contributed by atoms with E-state index in [9.17, 15) is 9.59 Å². The Morgan fingerprint density at radius 3 is 2.54 bits per heavy atom. The van der Waals surface area contributed by atoms with E-state index in [0.717, 1.165) is 18.4 Å². The van der Waals surface area contributed by atoms with Gasteiger partial charge in [-0.3, -0.25) is 14.8 Å². The number of hydrogen-bond acceptors (Lipinski definition) is 10. The first-order chi connectivity index (χ1) is 18.9. The van der Waals surface area contributed by atoms with Gasteiger partial charge < -0.3 is 20.8 Å². The number of nitrogens with two attached hydrogens (primary N) is 2. The first kappa shape index (κ1) is 24.3. The largest absolute Gasteiger partial charge is 0.424 e. The lowest BCUT2D eigenvalue weighted by atomic mass is 9.96. The molecule has 6 rings (SSSR count). The van der Waals surface area contributed by atoms with Crippen molar-refractivity contribution in [1.29, 1.82) is 0 Å². The molecule has 13 heteroatoms. The highest BCUT2D eigenvalue weighted by molar-refractivity contribution is 5.99. The second-order valence-electron chi connectivity index (χ2n) is 9.48. The lowest BCUT2D eigenvalue weighted by Crippen LogP contribution is -2.39. The number of hydrogen-bond donors (Lipinski definition) is 4. The van der Waals surface area contributed by atoms with Gasteiger partial charge in [-0.15, -0.1) is 0 Å². The van der Waals surface area contributed by atoms with E-state index < -0.39 is 5.91 Å². The van der Waals surface area contributed by atoms with Crippen molar-refractivity contribution >= 4 is 45.8 Å². The Labute approximate surface area is 221 Å². The molecule has 0 saturated carbocycles. The van der Waals surface area contributed by atoms with Crippen LogP contribution in [0.15, 0.2) is 53.2 Å². The van der Waals surface area contributed by atoms with Crippen LogP contribution in [0.25, 0.3) is 33.4 Å². The number of piperidine rings is 1. The van der Waals surface area contributed by atoms with Gasteiger partial charge in [-0.05, 0) is 61.2 Å². The fourth-order valence-electron chi connectivity index (χ4n) is 5.03. The van der Waals surface area contributed by atoms with Gasteiger partial charge in [0, 0.05) is 36.3 Å². The van der Waals surface area contributed by atoms with Crippen LogP contribution in [0.5, 0.6) is 0 Å². The molecule has 0 spiro atoms. The van der Waals surface area contributed by atoms with Crippen molar-refractivity contribution in [2.75, 3.05) is 24.6 Å². The number of amides is 2. The third-order valence-electron chi connectivity index (χ3n) is 7.06. The Morgan fingerprint density at radius 1 is 1.05 bits per heavy atom. The SMILES string of the molecule is Nc1nc2cc(-c3nn(CC4CCN(C(=O)c5ccc(C(=O)NO)cc5)CC4)c4ncnc(N)c34)ccc2o1. The summed E-state index contributed by atoms with van der Waals surface area (Å²) in [6.07, 6.45) is 3.01. The molecule has 1 aliphatic rings. The van der Waals surface area contributed by atoms with Crippen molar-refractivity contribution in [1.82, 2.24) is 35.1 Å². The van der Waals surface area contributed by atoms with Crippen molar-refractivity contribution in [3.05, 3.63) is 59.9 Å². The molecule has 4 heterocycles. The van der Waals surface area contributed by atoms with Crippen molar-refractivity contribution in [2.45, 2.75) is 19.4 Å². The second kappa shape index (κ2) is 9.68. The first-order valence-electron chi connectivity index (χ1n) is 12.4. The Morgan fingerprint density at radius 2 is 1.79 bits per heavy atom. The maximum absolute atomic E-state index is 13.0. The van der Waals surface area contributed by atoms with Gasteiger partial charge in [0.1, 0.15) is 23.4 Å². The number of hydroxylamine groups is 1. The molecule has 0 radical (unpaired) electrons. The number of likely N-dealkylation sites (tertiary alicyclic amines) is 1. The van der Waals surface area contributed by atoms with Crippen LogP contribution >= 0.6 is 0 Å². The highest BCUT2D eigenvalue weighted by Gasteiger charge is 2.26. The van der Waals surface area contributed by atoms with E-state index in [0.29, 0.717) is 58.8 Å². The number of oxazole rings is 1. The highest BCUT2D eigenvalue weighted by atomic mass is 16.5. The monoisotopic (exact) mass is 527 g/mol. The molecular formula is C26H25N9O4. The minimum absolute atomic E-state index is 0.0938. The summed E-state index contributed by atoms with van der Waals surface area (Å²) in [6, 6.07) is 11.8. The molecule has 0 unspecified atom stereocenters. The average molecular weight is 528 g/mol. The van der Waals surface area contributed by atoms with Crippen molar-refractivity contribution in [2.24, 2.45) is 5.92 Å². The Bertz CT molecular complexity index is 1700. The molecule has 1 fully saturated rings. The van der Waals surface area contributed by atoms with E-state index in [1.165, 1.54) is 18.5 Å². The lowest BCUT2D eigenvalue weighted by molar-refractivity contribution is 0.0678. The smallest absolute Gasteiger partial charge is 0.292 e. The maximum Gasteiger partial charge on any atom is 0.292 e. The zero-order chi connectivity index (χ0) is 27.1. The normalized spacial score (nSPS) is 14.2. The molecule has 2 aromatic carbocycles. The van der Waals surface area contributed by atoms with Crippen LogP contribution in [0.2, 0.25) is 0 Å². The molecule has 13 nitrogen and oxygen atoms in total. The first-order valence-corrected chi connectivity index (χ1v) is 12.4. The summed E-state index contributed by atoms with van der Waals surface area (Å²) in [7, 11) is 0. The number of aromatic nitrogens is 5. The van der Waals surface area contributed by atoms with Crippen LogP contribution in [0.4, 0.5) is 11.8 Å². The molecule has 3 aromatic heterocycles. The molecule has 0 aliphatic carbocycles. The van der Waals surface area contributed by atoms with Crippen molar-refractivity contribution in [3.8, 4) is 11.3 Å². The number of nitrogens with zero attached hydrogens (tertiary/aromatic N) is 6. The zero-order valence-electron chi connectivity index (χ0n) is 20.7. The number of nitrogen functional groups attached to an aromatic ring is 2. The van der Waals surface area contributed by atoms with Gasteiger partial charge in [0.25, 0.3) is 17.8 Å². The molecule has 39 heavy (non-hydrogen) atoms. The predicted molar refractivity (Wildman–Crippen MR) is 141 cm³/mol. The molecule has 1 saturated heterocycles. The summed E-state index contributed by atoms with van der Waals surface area (Å²) < 4.78 is 7.25. The minimum Gasteiger partial charge on any atom is -0.424 e. The number of fused-ring (bicyclic) bond motifs is 2. The predicted octanol–water partition coefficient (Wildman–Crippen LogP) is 2.47. The third-order valence-corrected chi connectivity index (χ3v) is 7.06. The Hall–Kier alpha value is -5.04. The molecule has 1 aliphatic heterocycles. The maximum atomic E-state index is 13.0. The number of anilines is 2. The molecule has 0 bridgehead atoms. The summed E-state index contributed by atoms with van der Waals surface area (Å²) in [5, 5.41) is 14.3.